The summed E-state index contributed by atoms with van der Waals surface area (Å²) in [6.07, 6.45) is 23.7. The van der Waals surface area contributed by atoms with Gasteiger partial charge in [0, 0.05) is 5.57 Å². The Morgan fingerprint density at radius 1 is 0.618 bits per heavy atom. The van der Waals surface area contributed by atoms with Gasteiger partial charge in [-0.3, -0.25) is 0 Å². The average Bonchev–Trinajstić information content (AvgIpc) is 3.63. The highest BCUT2D eigenvalue weighted by atomic mass is 16.5. The molecule has 5 nitrogen and oxygen atoms in total. The minimum absolute atomic E-state index is 0.477. The van der Waals surface area contributed by atoms with E-state index in [9.17, 15) is 0 Å². The largest absolute Gasteiger partial charge is 0.490 e. The number of benzene rings is 1. The van der Waals surface area contributed by atoms with Crippen LogP contribution in [0.15, 0.2) is 147 Å². The first-order valence-electron chi connectivity index (χ1n) is 11.0. The van der Waals surface area contributed by atoms with Gasteiger partial charge in [-0.05, 0) is 84.5 Å². The molecule has 1 aromatic rings. The molecule has 6 rings (SSSR count). The lowest BCUT2D eigenvalue weighted by Gasteiger charge is -2.07. The maximum Gasteiger partial charge on any atom is 0.119 e. The molecular formula is C29H20N4O. The Kier molecular flexibility index (Phi) is 4.92. The molecule has 1 aromatic carbocycles. The van der Waals surface area contributed by atoms with Crippen LogP contribution in [0.2, 0.25) is 0 Å². The summed E-state index contributed by atoms with van der Waals surface area (Å²) in [5.74, 6) is 0.804. The van der Waals surface area contributed by atoms with Crippen LogP contribution in [0.3, 0.4) is 0 Å². The van der Waals surface area contributed by atoms with Crippen molar-refractivity contribution in [2.75, 3.05) is 6.61 Å². The molecule has 0 saturated heterocycles. The summed E-state index contributed by atoms with van der Waals surface area (Å²) in [6, 6.07) is 8.01. The van der Waals surface area contributed by atoms with E-state index in [0.29, 0.717) is 6.61 Å². The Hall–Kier alpha value is -4.64. The third-order valence-corrected chi connectivity index (χ3v) is 5.57. The fourth-order valence-electron chi connectivity index (χ4n) is 4.01. The first kappa shape index (κ1) is 20.0. The highest BCUT2D eigenvalue weighted by Gasteiger charge is 2.18. The number of nitrogens with zero attached hydrogens (tertiary/aromatic N) is 4. The summed E-state index contributed by atoms with van der Waals surface area (Å²) in [4.78, 5) is 19.0. The van der Waals surface area contributed by atoms with Crippen LogP contribution in [0.1, 0.15) is 5.56 Å². The van der Waals surface area contributed by atoms with Crippen molar-refractivity contribution >= 4 is 28.4 Å². The van der Waals surface area contributed by atoms with Crippen molar-refractivity contribution in [2.24, 2.45) is 20.0 Å². The number of rotatable bonds is 4. The molecule has 5 heterocycles. The van der Waals surface area contributed by atoms with Crippen molar-refractivity contribution in [2.45, 2.75) is 0 Å². The van der Waals surface area contributed by atoms with E-state index in [2.05, 4.69) is 17.6 Å². The van der Waals surface area contributed by atoms with Gasteiger partial charge in [0.25, 0.3) is 0 Å². The molecule has 0 unspecified atom stereocenters. The second-order valence-corrected chi connectivity index (χ2v) is 8.07. The quantitative estimate of drug-likeness (QED) is 0.557. The smallest absolute Gasteiger partial charge is 0.119 e. The molecule has 5 heteroatoms. The van der Waals surface area contributed by atoms with Gasteiger partial charge < -0.3 is 4.74 Å². The van der Waals surface area contributed by atoms with Crippen molar-refractivity contribution in [1.29, 1.82) is 0 Å². The van der Waals surface area contributed by atoms with Gasteiger partial charge in [0.05, 0.1) is 45.6 Å². The summed E-state index contributed by atoms with van der Waals surface area (Å²) in [7, 11) is 0. The zero-order chi connectivity index (χ0) is 22.9. The summed E-state index contributed by atoms with van der Waals surface area (Å²) in [5, 5.41) is 0. The Labute approximate surface area is 197 Å². The standard InChI is InChI=1S/C29H20N4O/c1-2-13-34-27-11-3-19(4-12-27)28-17-26-16-24-8-7-22(31-24)14-20-5-6-21(30-20)15-23-9-10-25(32-23)18-29(28)33-26/h2-12,14-18H,1,13H2. The van der Waals surface area contributed by atoms with E-state index in [1.807, 2.05) is 85.0 Å². The van der Waals surface area contributed by atoms with Gasteiger partial charge in [-0.25, -0.2) is 20.0 Å². The SMILES string of the molecule is C=CCOc1ccc(C2=CC3=CC4=NC(=CC5=NC(=CC6=NC(=CC2=N3)C=C6)C=C5)C=C4)cc1. The Bertz CT molecular complexity index is 1480. The topological polar surface area (TPSA) is 58.7 Å². The molecule has 8 bridgehead atoms. The van der Waals surface area contributed by atoms with Crippen molar-refractivity contribution < 1.29 is 4.74 Å². The summed E-state index contributed by atoms with van der Waals surface area (Å²) < 4.78 is 5.63. The van der Waals surface area contributed by atoms with Crippen molar-refractivity contribution in [3.63, 3.8) is 0 Å². The predicted octanol–water partition coefficient (Wildman–Crippen LogP) is 5.67. The molecule has 0 fully saturated rings. The van der Waals surface area contributed by atoms with Gasteiger partial charge in [-0.15, -0.1) is 0 Å². The maximum atomic E-state index is 5.63. The third kappa shape index (κ3) is 4.07. The molecule has 5 aliphatic rings. The summed E-state index contributed by atoms with van der Waals surface area (Å²) in [6.45, 7) is 4.17. The van der Waals surface area contributed by atoms with E-state index in [1.165, 1.54) is 0 Å². The van der Waals surface area contributed by atoms with E-state index in [0.717, 1.165) is 62.5 Å². The molecule has 0 radical (unpaired) electrons. The molecule has 0 amide bonds. The highest BCUT2D eigenvalue weighted by Crippen LogP contribution is 2.30. The number of hydrogen-bond acceptors (Lipinski definition) is 5. The molecule has 0 atom stereocenters. The third-order valence-electron chi connectivity index (χ3n) is 5.57. The monoisotopic (exact) mass is 440 g/mol. The second-order valence-electron chi connectivity index (χ2n) is 8.07. The lowest BCUT2D eigenvalue weighted by atomic mass is 10.0. The Balaban J connectivity index is 1.43. The molecule has 0 N–H and O–H groups in total. The van der Waals surface area contributed by atoms with E-state index in [4.69, 9.17) is 19.7 Å². The number of allylic oxidation sites excluding steroid dienone is 12. The molecule has 0 aromatic heterocycles. The van der Waals surface area contributed by atoms with Crippen LogP contribution >= 0.6 is 0 Å². The first-order valence-corrected chi connectivity index (χ1v) is 11.0. The zero-order valence-electron chi connectivity index (χ0n) is 18.3. The highest BCUT2D eigenvalue weighted by molar-refractivity contribution is 6.32. The Morgan fingerprint density at radius 3 is 1.76 bits per heavy atom. The van der Waals surface area contributed by atoms with Crippen LogP contribution in [0, 0.1) is 0 Å². The number of aliphatic imine (C=N–C) groups is 4. The van der Waals surface area contributed by atoms with Gasteiger partial charge in [0.15, 0.2) is 0 Å². The van der Waals surface area contributed by atoms with Gasteiger partial charge in [-0.2, -0.15) is 0 Å². The van der Waals surface area contributed by atoms with Crippen LogP contribution in [0.4, 0.5) is 0 Å². The van der Waals surface area contributed by atoms with E-state index in [-0.39, 0.29) is 0 Å². The zero-order valence-corrected chi connectivity index (χ0v) is 18.3. The van der Waals surface area contributed by atoms with Crippen molar-refractivity contribution in [3.05, 3.63) is 132 Å². The molecule has 0 spiro atoms. The van der Waals surface area contributed by atoms with Crippen molar-refractivity contribution in [1.82, 2.24) is 0 Å². The first-order chi connectivity index (χ1) is 16.7. The van der Waals surface area contributed by atoms with Crippen LogP contribution in [0.25, 0.3) is 5.57 Å². The molecule has 0 saturated carbocycles. The van der Waals surface area contributed by atoms with Crippen LogP contribution in [-0.4, -0.2) is 29.5 Å². The van der Waals surface area contributed by atoms with Crippen LogP contribution in [0.5, 0.6) is 5.75 Å². The Morgan fingerprint density at radius 2 is 1.18 bits per heavy atom. The van der Waals surface area contributed by atoms with Gasteiger partial charge >= 0.3 is 0 Å². The molecular weight excluding hydrogens is 420 g/mol. The summed E-state index contributed by atoms with van der Waals surface area (Å²) >= 11 is 0. The number of ether oxygens (including phenoxy) is 1. The minimum atomic E-state index is 0.477. The van der Waals surface area contributed by atoms with E-state index >= 15 is 0 Å². The minimum Gasteiger partial charge on any atom is -0.490 e. The normalized spacial score (nSPS) is 19.5. The second kappa shape index (κ2) is 8.37. The molecule has 0 aliphatic carbocycles. The van der Waals surface area contributed by atoms with Gasteiger partial charge in [0.1, 0.15) is 12.4 Å². The average molecular weight is 441 g/mol. The fourth-order valence-corrected chi connectivity index (χ4v) is 4.01. The lowest BCUT2D eigenvalue weighted by Crippen LogP contribution is -1.97. The molecule has 5 aliphatic heterocycles. The fraction of sp³-hybridized carbons (Fsp3) is 0.0345. The lowest BCUT2D eigenvalue weighted by molar-refractivity contribution is 0.363. The summed E-state index contributed by atoms with van der Waals surface area (Å²) in [5.41, 5.74) is 8.96. The van der Waals surface area contributed by atoms with E-state index in [1.54, 1.807) is 6.08 Å². The van der Waals surface area contributed by atoms with E-state index < -0.39 is 0 Å². The van der Waals surface area contributed by atoms with Gasteiger partial charge in [0.2, 0.25) is 0 Å². The maximum absolute atomic E-state index is 5.63. The number of fused-ring (bicyclic) bond motifs is 4. The van der Waals surface area contributed by atoms with Crippen LogP contribution < -0.4 is 4.74 Å². The number of hydrogen-bond donors (Lipinski definition) is 0. The molecule has 162 valence electrons. The van der Waals surface area contributed by atoms with Crippen molar-refractivity contribution in [3.8, 4) is 5.75 Å². The van der Waals surface area contributed by atoms with Crippen LogP contribution in [-0.2, 0) is 0 Å². The van der Waals surface area contributed by atoms with Gasteiger partial charge in [-0.1, -0.05) is 24.8 Å². The predicted molar refractivity (Wildman–Crippen MR) is 140 cm³/mol. The molecule has 34 heavy (non-hydrogen) atoms.